The van der Waals surface area contributed by atoms with Gasteiger partial charge in [-0.3, -0.25) is 4.90 Å². The fourth-order valence-electron chi connectivity index (χ4n) is 4.41. The summed E-state index contributed by atoms with van der Waals surface area (Å²) in [5.74, 6) is 0.683. The largest absolute Gasteiger partial charge is 0.395 e. The topological polar surface area (TPSA) is 49.5 Å². The summed E-state index contributed by atoms with van der Waals surface area (Å²) in [6, 6.07) is 0.416. The van der Waals surface area contributed by atoms with Gasteiger partial charge in [0.15, 0.2) is 0 Å². The molecule has 3 N–H and O–H groups in total. The van der Waals surface area contributed by atoms with Crippen molar-refractivity contribution >= 4 is 0 Å². The van der Waals surface area contributed by atoms with Crippen molar-refractivity contribution in [3.8, 4) is 0 Å². The molecule has 3 nitrogen and oxygen atoms in total. The molecule has 0 bridgehead atoms. The fraction of sp³-hybridized carbons (Fsp3) is 1.00. The van der Waals surface area contributed by atoms with Gasteiger partial charge in [-0.2, -0.15) is 0 Å². The number of piperidine rings is 1. The second-order valence-corrected chi connectivity index (χ2v) is 7.26. The van der Waals surface area contributed by atoms with Crippen LogP contribution in [0.4, 0.5) is 0 Å². The minimum Gasteiger partial charge on any atom is -0.395 e. The lowest BCUT2D eigenvalue weighted by atomic mass is 9.68. The maximum atomic E-state index is 9.71. The quantitative estimate of drug-likeness (QED) is 0.819. The van der Waals surface area contributed by atoms with E-state index in [-0.39, 0.29) is 18.7 Å². The van der Waals surface area contributed by atoms with Crippen LogP contribution in [0.1, 0.15) is 57.8 Å². The molecule has 3 heteroatoms. The zero-order valence-electron chi connectivity index (χ0n) is 12.2. The van der Waals surface area contributed by atoms with E-state index in [2.05, 4.69) is 4.90 Å². The van der Waals surface area contributed by atoms with E-state index in [4.69, 9.17) is 5.73 Å². The molecule has 0 aromatic rings. The Kier molecular flexibility index (Phi) is 4.16. The van der Waals surface area contributed by atoms with Gasteiger partial charge >= 0.3 is 0 Å². The Balaban J connectivity index is 1.55. The van der Waals surface area contributed by atoms with Gasteiger partial charge in [-0.25, -0.2) is 0 Å². The Morgan fingerprint density at radius 2 is 1.68 bits per heavy atom. The smallest absolute Gasteiger partial charge is 0.0602 e. The number of hydrogen-bond donors (Lipinski definition) is 2. The van der Waals surface area contributed by atoms with Crippen LogP contribution < -0.4 is 5.73 Å². The first-order valence-corrected chi connectivity index (χ1v) is 8.35. The predicted octanol–water partition coefficient (Wildman–Crippen LogP) is 2.13. The van der Waals surface area contributed by atoms with E-state index >= 15 is 0 Å². The van der Waals surface area contributed by atoms with Crippen LogP contribution in [0.25, 0.3) is 0 Å². The molecule has 0 amide bonds. The molecular formula is C16H30N2O. The molecule has 19 heavy (non-hydrogen) atoms. The van der Waals surface area contributed by atoms with Crippen molar-refractivity contribution in [2.45, 2.75) is 69.9 Å². The summed E-state index contributed by atoms with van der Waals surface area (Å²) >= 11 is 0. The van der Waals surface area contributed by atoms with E-state index in [9.17, 15) is 5.11 Å². The van der Waals surface area contributed by atoms with Crippen LogP contribution in [-0.2, 0) is 0 Å². The van der Waals surface area contributed by atoms with Gasteiger partial charge in [0.25, 0.3) is 0 Å². The maximum Gasteiger partial charge on any atom is 0.0602 e. The van der Waals surface area contributed by atoms with Gasteiger partial charge in [-0.15, -0.1) is 0 Å². The molecule has 0 radical (unpaired) electrons. The molecule has 1 heterocycles. The minimum atomic E-state index is 0.199. The normalized spacial score (nSPS) is 31.3. The predicted molar refractivity (Wildman–Crippen MR) is 77.9 cm³/mol. The number of aliphatic hydroxyl groups is 1. The van der Waals surface area contributed by atoms with Crippen molar-refractivity contribution < 1.29 is 5.11 Å². The summed E-state index contributed by atoms with van der Waals surface area (Å²) in [5, 5.41) is 9.71. The summed E-state index contributed by atoms with van der Waals surface area (Å²) in [6.07, 6.45) is 12.4. The molecule has 3 rings (SSSR count). The van der Waals surface area contributed by atoms with Gasteiger partial charge in [0.05, 0.1) is 6.61 Å². The van der Waals surface area contributed by atoms with Crippen LogP contribution in [0, 0.1) is 11.3 Å². The van der Waals surface area contributed by atoms with E-state index in [0.717, 1.165) is 13.1 Å². The summed E-state index contributed by atoms with van der Waals surface area (Å²) in [6.45, 7) is 2.56. The van der Waals surface area contributed by atoms with E-state index in [1.165, 1.54) is 57.8 Å². The third-order valence-corrected chi connectivity index (χ3v) is 6.04. The van der Waals surface area contributed by atoms with E-state index in [1.54, 1.807) is 0 Å². The summed E-state index contributed by atoms with van der Waals surface area (Å²) < 4.78 is 0. The highest BCUT2D eigenvalue weighted by Crippen LogP contribution is 2.45. The standard InChI is InChI=1S/C16H30N2O/c17-15(13-4-5-13)14(12-19)18-10-8-16(9-11-18)6-2-1-3-7-16/h13-15,19H,1-12,17H2. The second kappa shape index (κ2) is 5.71. The Morgan fingerprint density at radius 1 is 1.05 bits per heavy atom. The van der Waals surface area contributed by atoms with E-state index in [0.29, 0.717) is 11.3 Å². The van der Waals surface area contributed by atoms with Crippen LogP contribution in [0.15, 0.2) is 0 Å². The second-order valence-electron chi connectivity index (χ2n) is 7.26. The highest BCUT2D eigenvalue weighted by molar-refractivity contribution is 4.96. The number of rotatable bonds is 4. The maximum absolute atomic E-state index is 9.71. The highest BCUT2D eigenvalue weighted by Gasteiger charge is 2.41. The third-order valence-electron chi connectivity index (χ3n) is 6.04. The first-order chi connectivity index (χ1) is 9.24. The molecule has 2 saturated carbocycles. The molecule has 1 spiro atoms. The molecule has 2 aliphatic carbocycles. The summed E-state index contributed by atoms with van der Waals surface area (Å²) in [5.41, 5.74) is 6.98. The summed E-state index contributed by atoms with van der Waals surface area (Å²) in [7, 11) is 0. The van der Waals surface area contributed by atoms with Crippen molar-refractivity contribution in [2.75, 3.05) is 19.7 Å². The fourth-order valence-corrected chi connectivity index (χ4v) is 4.41. The van der Waals surface area contributed by atoms with E-state index < -0.39 is 0 Å². The molecule has 3 fully saturated rings. The lowest BCUT2D eigenvalue weighted by Crippen LogP contribution is -2.55. The van der Waals surface area contributed by atoms with Crippen LogP contribution in [0.5, 0.6) is 0 Å². The Morgan fingerprint density at radius 3 is 2.21 bits per heavy atom. The number of hydrogen-bond acceptors (Lipinski definition) is 3. The average Bonchev–Trinajstić information content (AvgIpc) is 3.27. The zero-order valence-corrected chi connectivity index (χ0v) is 12.2. The number of nitrogens with two attached hydrogens (primary N) is 1. The van der Waals surface area contributed by atoms with Crippen molar-refractivity contribution in [1.29, 1.82) is 0 Å². The molecular weight excluding hydrogens is 236 g/mol. The Hall–Kier alpha value is -0.120. The first-order valence-electron chi connectivity index (χ1n) is 8.35. The molecule has 110 valence electrons. The molecule has 1 saturated heterocycles. The van der Waals surface area contributed by atoms with Crippen LogP contribution in [0.3, 0.4) is 0 Å². The van der Waals surface area contributed by atoms with Crippen molar-refractivity contribution in [2.24, 2.45) is 17.1 Å². The highest BCUT2D eigenvalue weighted by atomic mass is 16.3. The lowest BCUT2D eigenvalue weighted by molar-refractivity contribution is 0.0177. The van der Waals surface area contributed by atoms with Crippen molar-refractivity contribution in [3.05, 3.63) is 0 Å². The lowest BCUT2D eigenvalue weighted by Gasteiger charge is -2.47. The van der Waals surface area contributed by atoms with E-state index in [1.807, 2.05) is 0 Å². The Labute approximate surface area is 117 Å². The van der Waals surface area contributed by atoms with Gasteiger partial charge in [0, 0.05) is 12.1 Å². The average molecular weight is 266 g/mol. The molecule has 2 atom stereocenters. The number of likely N-dealkylation sites (tertiary alicyclic amines) is 1. The molecule has 3 aliphatic rings. The molecule has 2 unspecified atom stereocenters. The summed E-state index contributed by atoms with van der Waals surface area (Å²) in [4.78, 5) is 2.49. The zero-order chi connectivity index (χ0) is 13.3. The molecule has 1 aliphatic heterocycles. The van der Waals surface area contributed by atoms with Gasteiger partial charge in [0.1, 0.15) is 0 Å². The van der Waals surface area contributed by atoms with Gasteiger partial charge in [-0.1, -0.05) is 19.3 Å². The SMILES string of the molecule is NC(C1CC1)C(CO)N1CCC2(CCCCC2)CC1. The molecule has 0 aromatic heterocycles. The first kappa shape index (κ1) is 13.8. The number of nitrogens with zero attached hydrogens (tertiary/aromatic N) is 1. The van der Waals surface area contributed by atoms with Gasteiger partial charge in [0.2, 0.25) is 0 Å². The molecule has 0 aromatic carbocycles. The van der Waals surface area contributed by atoms with Gasteiger partial charge in [-0.05, 0) is 62.9 Å². The van der Waals surface area contributed by atoms with Crippen molar-refractivity contribution in [3.63, 3.8) is 0 Å². The minimum absolute atomic E-state index is 0.199. The van der Waals surface area contributed by atoms with Crippen LogP contribution >= 0.6 is 0 Å². The van der Waals surface area contributed by atoms with Crippen molar-refractivity contribution in [1.82, 2.24) is 4.90 Å². The Bertz CT molecular complexity index is 287. The number of aliphatic hydroxyl groups excluding tert-OH is 1. The monoisotopic (exact) mass is 266 g/mol. The third kappa shape index (κ3) is 2.98. The van der Waals surface area contributed by atoms with Crippen LogP contribution in [-0.4, -0.2) is 41.8 Å². The van der Waals surface area contributed by atoms with Crippen LogP contribution in [0.2, 0.25) is 0 Å². The van der Waals surface area contributed by atoms with Gasteiger partial charge < -0.3 is 10.8 Å².